The third kappa shape index (κ3) is 5.09. The average Bonchev–Trinajstić information content (AvgIpc) is 2.47. The molecule has 20 heavy (non-hydrogen) atoms. The minimum atomic E-state index is -0.508. The number of azide groups is 1. The lowest BCUT2D eigenvalue weighted by molar-refractivity contribution is -0.109. The Morgan fingerprint density at radius 1 is 1.40 bits per heavy atom. The number of benzene rings is 1. The molecule has 0 aliphatic carbocycles. The van der Waals surface area contributed by atoms with E-state index in [1.165, 1.54) is 0 Å². The number of hydrogen-bond acceptors (Lipinski definition) is 4. The van der Waals surface area contributed by atoms with E-state index >= 15 is 0 Å². The van der Waals surface area contributed by atoms with Crippen molar-refractivity contribution in [1.29, 1.82) is 0 Å². The highest BCUT2D eigenvalue weighted by molar-refractivity contribution is 5.95. The third-order valence-corrected chi connectivity index (χ3v) is 2.74. The van der Waals surface area contributed by atoms with Crippen LogP contribution in [0.15, 0.2) is 29.4 Å². The summed E-state index contributed by atoms with van der Waals surface area (Å²) < 4.78 is 0. The number of nitrogens with two attached hydrogens (primary N) is 1. The van der Waals surface area contributed by atoms with Gasteiger partial charge in [0.25, 0.3) is 5.91 Å². The number of nitrogens with zero attached hydrogens (tertiary/aromatic N) is 3. The van der Waals surface area contributed by atoms with Crippen LogP contribution in [0.5, 0.6) is 0 Å². The van der Waals surface area contributed by atoms with E-state index in [1.54, 1.807) is 24.3 Å². The van der Waals surface area contributed by atoms with E-state index in [0.29, 0.717) is 24.2 Å². The first-order chi connectivity index (χ1) is 9.71. The molecular formula is C13H17N5O2. The van der Waals surface area contributed by atoms with Crippen LogP contribution < -0.4 is 11.1 Å². The monoisotopic (exact) mass is 275 g/mol. The van der Waals surface area contributed by atoms with Gasteiger partial charge in [0.2, 0.25) is 0 Å². The van der Waals surface area contributed by atoms with Crippen LogP contribution in [0.2, 0.25) is 0 Å². The van der Waals surface area contributed by atoms with Gasteiger partial charge in [-0.05, 0) is 43.5 Å². The van der Waals surface area contributed by atoms with Crippen molar-refractivity contribution >= 4 is 17.9 Å². The van der Waals surface area contributed by atoms with Crippen molar-refractivity contribution in [3.05, 3.63) is 40.3 Å². The normalized spacial score (nSPS) is 11.2. The molecule has 0 bridgehead atoms. The van der Waals surface area contributed by atoms with E-state index in [-0.39, 0.29) is 5.91 Å². The molecule has 0 aromatic heterocycles. The van der Waals surface area contributed by atoms with Crippen LogP contribution in [-0.2, 0) is 4.79 Å². The van der Waals surface area contributed by atoms with Crippen molar-refractivity contribution in [2.45, 2.75) is 25.3 Å². The minimum absolute atomic E-state index is 0.331. The first-order valence-corrected chi connectivity index (χ1v) is 6.32. The fourth-order valence-electron chi connectivity index (χ4n) is 1.67. The molecule has 1 rings (SSSR count). The molecule has 1 aromatic carbocycles. The van der Waals surface area contributed by atoms with Gasteiger partial charge in [0.1, 0.15) is 6.29 Å². The molecule has 0 unspecified atom stereocenters. The topological polar surface area (TPSA) is 121 Å². The molecule has 0 saturated heterocycles. The third-order valence-electron chi connectivity index (χ3n) is 2.74. The van der Waals surface area contributed by atoms with Gasteiger partial charge in [-0.2, -0.15) is 0 Å². The zero-order chi connectivity index (χ0) is 14.8. The van der Waals surface area contributed by atoms with Gasteiger partial charge in [0.15, 0.2) is 0 Å². The molecule has 0 aliphatic heterocycles. The molecule has 0 radical (unpaired) electrons. The van der Waals surface area contributed by atoms with E-state index in [1.807, 2.05) is 0 Å². The lowest BCUT2D eigenvalue weighted by Crippen LogP contribution is -2.36. The number of aldehydes is 1. The van der Waals surface area contributed by atoms with Gasteiger partial charge in [-0.3, -0.25) is 4.79 Å². The Balaban J connectivity index is 2.59. The molecule has 7 nitrogen and oxygen atoms in total. The van der Waals surface area contributed by atoms with Gasteiger partial charge < -0.3 is 15.8 Å². The van der Waals surface area contributed by atoms with Crippen LogP contribution in [0, 0.1) is 0 Å². The van der Waals surface area contributed by atoms with E-state index in [4.69, 9.17) is 11.3 Å². The first-order valence-electron chi connectivity index (χ1n) is 6.32. The largest absolute Gasteiger partial charge is 0.343 e. The molecule has 0 fully saturated rings. The van der Waals surface area contributed by atoms with Gasteiger partial charge in [-0.15, -0.1) is 0 Å². The van der Waals surface area contributed by atoms with Crippen LogP contribution in [0.4, 0.5) is 5.69 Å². The molecule has 1 atom stereocenters. The molecule has 106 valence electrons. The second-order valence-corrected chi connectivity index (χ2v) is 4.24. The molecular weight excluding hydrogens is 258 g/mol. The zero-order valence-corrected chi connectivity index (χ0v) is 11.0. The predicted molar refractivity (Wildman–Crippen MR) is 75.5 cm³/mol. The number of rotatable bonds is 8. The second-order valence-electron chi connectivity index (χ2n) is 4.24. The number of nitrogens with one attached hydrogen (secondary N) is 1. The average molecular weight is 275 g/mol. The van der Waals surface area contributed by atoms with Crippen molar-refractivity contribution in [3.63, 3.8) is 0 Å². The lowest BCUT2D eigenvalue weighted by atomic mass is 10.1. The van der Waals surface area contributed by atoms with Gasteiger partial charge in [0.05, 0.1) is 6.04 Å². The van der Waals surface area contributed by atoms with Gasteiger partial charge in [-0.1, -0.05) is 17.2 Å². The van der Waals surface area contributed by atoms with Gasteiger partial charge >= 0.3 is 0 Å². The number of hydrogen-bond donors (Lipinski definition) is 2. The summed E-state index contributed by atoms with van der Waals surface area (Å²) in [5.41, 5.74) is 14.5. The molecule has 3 N–H and O–H groups in total. The van der Waals surface area contributed by atoms with E-state index in [9.17, 15) is 9.59 Å². The smallest absolute Gasteiger partial charge is 0.251 e. The maximum atomic E-state index is 11.9. The molecule has 1 amide bonds. The Labute approximate surface area is 116 Å². The summed E-state index contributed by atoms with van der Waals surface area (Å²) in [6.07, 6.45) is 2.91. The van der Waals surface area contributed by atoms with E-state index in [2.05, 4.69) is 15.3 Å². The minimum Gasteiger partial charge on any atom is -0.343 e. The Morgan fingerprint density at radius 2 is 2.10 bits per heavy atom. The number of amides is 1. The SMILES string of the molecule is [N-]=[N+]=Nc1ccc(C(=O)N[C@H](C=O)CCCCN)cc1. The molecule has 0 heterocycles. The highest BCUT2D eigenvalue weighted by Crippen LogP contribution is 2.13. The van der Waals surface area contributed by atoms with Crippen LogP contribution in [0.25, 0.3) is 10.4 Å². The van der Waals surface area contributed by atoms with Gasteiger partial charge in [0, 0.05) is 16.2 Å². The second kappa shape index (κ2) is 8.68. The molecule has 1 aromatic rings. The Kier molecular flexibility index (Phi) is 6.81. The highest BCUT2D eigenvalue weighted by atomic mass is 16.2. The van der Waals surface area contributed by atoms with Crippen LogP contribution in [0.3, 0.4) is 0 Å². The summed E-state index contributed by atoms with van der Waals surface area (Å²) in [5, 5.41) is 6.06. The zero-order valence-electron chi connectivity index (χ0n) is 11.0. The van der Waals surface area contributed by atoms with Gasteiger partial charge in [-0.25, -0.2) is 0 Å². The maximum absolute atomic E-state index is 11.9. The standard InChI is InChI=1S/C13H17N5O2/c14-8-2-1-3-12(9-19)16-13(20)10-4-6-11(7-5-10)17-18-15/h4-7,9,12H,1-3,8,14H2,(H,16,20)/t12-/m0/s1. The molecule has 0 spiro atoms. The van der Waals surface area contributed by atoms with Crippen LogP contribution in [0.1, 0.15) is 29.6 Å². The molecule has 7 heteroatoms. The predicted octanol–water partition coefficient (Wildman–Crippen LogP) is 2.05. The summed E-state index contributed by atoms with van der Waals surface area (Å²) in [6.45, 7) is 0.570. The van der Waals surface area contributed by atoms with Crippen molar-refractivity contribution in [3.8, 4) is 0 Å². The summed E-state index contributed by atoms with van der Waals surface area (Å²) in [6, 6.07) is 5.66. The summed E-state index contributed by atoms with van der Waals surface area (Å²) in [7, 11) is 0. The van der Waals surface area contributed by atoms with Crippen LogP contribution >= 0.6 is 0 Å². The highest BCUT2D eigenvalue weighted by Gasteiger charge is 2.12. The summed E-state index contributed by atoms with van der Waals surface area (Å²) in [5.74, 6) is -0.331. The lowest BCUT2D eigenvalue weighted by Gasteiger charge is -2.12. The quantitative estimate of drug-likeness (QED) is 0.248. The fourth-order valence-corrected chi connectivity index (χ4v) is 1.67. The maximum Gasteiger partial charge on any atom is 0.251 e. The molecule has 0 aliphatic rings. The number of carbonyl (C=O) groups is 2. The number of carbonyl (C=O) groups excluding carboxylic acids is 2. The van der Waals surface area contributed by atoms with Crippen molar-refractivity contribution < 1.29 is 9.59 Å². The van der Waals surface area contributed by atoms with Crippen molar-refractivity contribution in [2.24, 2.45) is 10.8 Å². The fraction of sp³-hybridized carbons (Fsp3) is 0.385. The van der Waals surface area contributed by atoms with Crippen LogP contribution in [-0.4, -0.2) is 24.8 Å². The summed E-state index contributed by atoms with van der Waals surface area (Å²) >= 11 is 0. The number of unbranched alkanes of at least 4 members (excludes halogenated alkanes) is 1. The Bertz CT molecular complexity index is 494. The summed E-state index contributed by atoms with van der Waals surface area (Å²) in [4.78, 5) is 25.5. The van der Waals surface area contributed by atoms with E-state index in [0.717, 1.165) is 19.1 Å². The molecule has 0 saturated carbocycles. The van der Waals surface area contributed by atoms with E-state index < -0.39 is 6.04 Å². The van der Waals surface area contributed by atoms with Crippen molar-refractivity contribution in [2.75, 3.05) is 6.54 Å². The van der Waals surface area contributed by atoms with Crippen molar-refractivity contribution in [1.82, 2.24) is 5.32 Å². The Hall–Kier alpha value is -2.37. The first kappa shape index (κ1) is 15.7. The Morgan fingerprint density at radius 3 is 2.65 bits per heavy atom.